The fourth-order valence-corrected chi connectivity index (χ4v) is 2.55. The van der Waals surface area contributed by atoms with Gasteiger partial charge >= 0.3 is 0 Å². The number of nitrogens with one attached hydrogen (secondary N) is 2. The summed E-state index contributed by atoms with van der Waals surface area (Å²) in [5, 5.41) is 5.92. The lowest BCUT2D eigenvalue weighted by molar-refractivity contribution is 0.102. The molecule has 0 aliphatic carbocycles. The third kappa shape index (κ3) is 4.25. The molecule has 0 spiro atoms. The number of carbonyl (C=O) groups is 1. The lowest BCUT2D eigenvalue weighted by atomic mass is 10.1. The standard InChI is InChI=1S/C21H18F2N2O/c1-14-7-9-18(25-21(26)15-5-3-2-4-6-15)12-20(14)24-13-16-11-17(22)8-10-19(16)23/h2-12,24H,13H2,1H3,(H,25,26). The molecule has 26 heavy (non-hydrogen) atoms. The molecule has 0 radical (unpaired) electrons. The highest BCUT2D eigenvalue weighted by atomic mass is 19.1. The zero-order valence-electron chi connectivity index (χ0n) is 14.2. The Balaban J connectivity index is 1.73. The average molecular weight is 352 g/mol. The van der Waals surface area contributed by atoms with Crippen LogP contribution in [-0.2, 0) is 6.54 Å². The minimum absolute atomic E-state index is 0.139. The summed E-state index contributed by atoms with van der Waals surface area (Å²) < 4.78 is 27.0. The van der Waals surface area contributed by atoms with Crippen LogP contribution in [0.1, 0.15) is 21.5 Å². The first-order valence-electron chi connectivity index (χ1n) is 8.18. The first-order valence-corrected chi connectivity index (χ1v) is 8.18. The Labute approximate surface area is 150 Å². The second kappa shape index (κ2) is 7.78. The first-order chi connectivity index (χ1) is 12.5. The molecule has 0 bridgehead atoms. The molecule has 3 aromatic rings. The summed E-state index contributed by atoms with van der Waals surface area (Å²) in [4.78, 5) is 12.2. The predicted molar refractivity (Wildman–Crippen MR) is 99.3 cm³/mol. The van der Waals surface area contributed by atoms with Crippen molar-refractivity contribution in [3.63, 3.8) is 0 Å². The largest absolute Gasteiger partial charge is 0.381 e. The first kappa shape index (κ1) is 17.6. The number of amides is 1. The van der Waals surface area contributed by atoms with Crippen LogP contribution in [0, 0.1) is 18.6 Å². The van der Waals surface area contributed by atoms with Crippen molar-refractivity contribution in [3.8, 4) is 0 Å². The van der Waals surface area contributed by atoms with E-state index in [4.69, 9.17) is 0 Å². The molecule has 0 fully saturated rings. The normalized spacial score (nSPS) is 10.4. The maximum atomic E-state index is 13.7. The molecule has 3 rings (SSSR count). The summed E-state index contributed by atoms with van der Waals surface area (Å²) in [7, 11) is 0. The van der Waals surface area contributed by atoms with Crippen molar-refractivity contribution in [2.75, 3.05) is 10.6 Å². The van der Waals surface area contributed by atoms with E-state index >= 15 is 0 Å². The predicted octanol–water partition coefficient (Wildman–Crippen LogP) is 5.14. The van der Waals surface area contributed by atoms with Crippen molar-refractivity contribution in [2.24, 2.45) is 0 Å². The average Bonchev–Trinajstić information content (AvgIpc) is 2.65. The molecular formula is C21H18F2N2O. The number of anilines is 2. The third-order valence-electron chi connectivity index (χ3n) is 4.01. The van der Waals surface area contributed by atoms with Gasteiger partial charge in [0.2, 0.25) is 0 Å². The number of carbonyl (C=O) groups excluding carboxylic acids is 1. The highest BCUT2D eigenvalue weighted by molar-refractivity contribution is 6.04. The summed E-state index contributed by atoms with van der Waals surface area (Å²) in [6.45, 7) is 2.04. The number of aryl methyl sites for hydroxylation is 1. The molecule has 0 aliphatic rings. The monoisotopic (exact) mass is 352 g/mol. The van der Waals surface area contributed by atoms with Gasteiger partial charge in [0.05, 0.1) is 0 Å². The molecule has 5 heteroatoms. The Morgan fingerprint density at radius 3 is 2.50 bits per heavy atom. The van der Waals surface area contributed by atoms with E-state index in [2.05, 4.69) is 10.6 Å². The number of halogens is 2. The minimum Gasteiger partial charge on any atom is -0.381 e. The maximum Gasteiger partial charge on any atom is 0.255 e. The quantitative estimate of drug-likeness (QED) is 0.668. The van der Waals surface area contributed by atoms with Gasteiger partial charge in [-0.25, -0.2) is 8.78 Å². The van der Waals surface area contributed by atoms with Crippen LogP contribution in [0.3, 0.4) is 0 Å². The van der Waals surface area contributed by atoms with Gasteiger partial charge in [0.25, 0.3) is 5.91 Å². The number of hydrogen-bond donors (Lipinski definition) is 2. The Morgan fingerprint density at radius 1 is 0.962 bits per heavy atom. The van der Waals surface area contributed by atoms with E-state index in [0.29, 0.717) is 11.3 Å². The Kier molecular flexibility index (Phi) is 5.27. The van der Waals surface area contributed by atoms with Crippen molar-refractivity contribution in [1.82, 2.24) is 0 Å². The molecule has 0 unspecified atom stereocenters. The highest BCUT2D eigenvalue weighted by Gasteiger charge is 2.08. The van der Waals surface area contributed by atoms with Crippen LogP contribution in [-0.4, -0.2) is 5.91 Å². The number of rotatable bonds is 5. The van der Waals surface area contributed by atoms with Gasteiger partial charge in [0, 0.05) is 29.0 Å². The van der Waals surface area contributed by atoms with Crippen molar-refractivity contribution >= 4 is 17.3 Å². The van der Waals surface area contributed by atoms with Crippen LogP contribution < -0.4 is 10.6 Å². The second-order valence-corrected chi connectivity index (χ2v) is 5.94. The summed E-state index contributed by atoms with van der Waals surface area (Å²) in [6.07, 6.45) is 0. The molecule has 3 nitrogen and oxygen atoms in total. The summed E-state index contributed by atoms with van der Waals surface area (Å²) in [5.74, 6) is -1.16. The SMILES string of the molecule is Cc1ccc(NC(=O)c2ccccc2)cc1NCc1cc(F)ccc1F. The molecule has 0 aliphatic heterocycles. The Morgan fingerprint density at radius 2 is 1.73 bits per heavy atom. The minimum atomic E-state index is -0.483. The lowest BCUT2D eigenvalue weighted by Crippen LogP contribution is -2.12. The van der Waals surface area contributed by atoms with E-state index in [1.807, 2.05) is 19.1 Å². The van der Waals surface area contributed by atoms with Crippen LogP contribution in [0.15, 0.2) is 66.7 Å². The van der Waals surface area contributed by atoms with Crippen molar-refractivity contribution in [3.05, 3.63) is 95.1 Å². The van der Waals surface area contributed by atoms with Crippen LogP contribution in [0.4, 0.5) is 20.2 Å². The van der Waals surface area contributed by atoms with E-state index in [-0.39, 0.29) is 18.0 Å². The van der Waals surface area contributed by atoms with Crippen LogP contribution in [0.25, 0.3) is 0 Å². The molecule has 0 heterocycles. The molecule has 2 N–H and O–H groups in total. The highest BCUT2D eigenvalue weighted by Crippen LogP contribution is 2.22. The molecule has 0 saturated carbocycles. The van der Waals surface area contributed by atoms with Gasteiger partial charge in [0.1, 0.15) is 11.6 Å². The van der Waals surface area contributed by atoms with Crippen molar-refractivity contribution < 1.29 is 13.6 Å². The fourth-order valence-electron chi connectivity index (χ4n) is 2.55. The van der Waals surface area contributed by atoms with Gasteiger partial charge in [0.15, 0.2) is 0 Å². The smallest absolute Gasteiger partial charge is 0.255 e. The molecule has 0 atom stereocenters. The topological polar surface area (TPSA) is 41.1 Å². The van der Waals surface area contributed by atoms with E-state index in [0.717, 1.165) is 23.4 Å². The van der Waals surface area contributed by atoms with Crippen LogP contribution >= 0.6 is 0 Å². The number of hydrogen-bond acceptors (Lipinski definition) is 2. The van der Waals surface area contributed by atoms with Crippen LogP contribution in [0.5, 0.6) is 0 Å². The molecule has 3 aromatic carbocycles. The Bertz CT molecular complexity index is 927. The van der Waals surface area contributed by atoms with Crippen molar-refractivity contribution in [2.45, 2.75) is 13.5 Å². The van der Waals surface area contributed by atoms with Gasteiger partial charge in [-0.05, 0) is 55.0 Å². The van der Waals surface area contributed by atoms with Gasteiger partial charge in [-0.1, -0.05) is 24.3 Å². The molecule has 0 saturated heterocycles. The molecular weight excluding hydrogens is 334 g/mol. The summed E-state index contributed by atoms with van der Waals surface area (Å²) in [6, 6.07) is 17.7. The van der Waals surface area contributed by atoms with Gasteiger partial charge in [-0.15, -0.1) is 0 Å². The van der Waals surface area contributed by atoms with E-state index in [1.54, 1.807) is 36.4 Å². The zero-order valence-corrected chi connectivity index (χ0v) is 14.2. The van der Waals surface area contributed by atoms with E-state index < -0.39 is 11.6 Å². The molecule has 1 amide bonds. The fraction of sp³-hybridized carbons (Fsp3) is 0.0952. The Hall–Kier alpha value is -3.21. The number of benzene rings is 3. The van der Waals surface area contributed by atoms with Gasteiger partial charge in [-0.3, -0.25) is 4.79 Å². The van der Waals surface area contributed by atoms with Gasteiger partial charge < -0.3 is 10.6 Å². The summed E-state index contributed by atoms with van der Waals surface area (Å²) >= 11 is 0. The molecule has 132 valence electrons. The third-order valence-corrected chi connectivity index (χ3v) is 4.01. The maximum absolute atomic E-state index is 13.7. The zero-order chi connectivity index (χ0) is 18.5. The molecule has 0 aromatic heterocycles. The van der Waals surface area contributed by atoms with Gasteiger partial charge in [-0.2, -0.15) is 0 Å². The van der Waals surface area contributed by atoms with E-state index in [1.165, 1.54) is 6.07 Å². The van der Waals surface area contributed by atoms with Crippen LogP contribution in [0.2, 0.25) is 0 Å². The lowest BCUT2D eigenvalue weighted by Gasteiger charge is -2.13. The van der Waals surface area contributed by atoms with Crippen molar-refractivity contribution in [1.29, 1.82) is 0 Å². The summed E-state index contributed by atoms with van der Waals surface area (Å²) in [5.41, 5.74) is 3.08. The van der Waals surface area contributed by atoms with E-state index in [9.17, 15) is 13.6 Å². The second-order valence-electron chi connectivity index (χ2n) is 5.94.